The summed E-state index contributed by atoms with van der Waals surface area (Å²) in [5, 5.41) is 0. The highest BCUT2D eigenvalue weighted by atomic mass is 15.2. The van der Waals surface area contributed by atoms with E-state index in [1.165, 1.54) is 12.8 Å². The topological polar surface area (TPSA) is 6.48 Å². The maximum Gasteiger partial charge on any atom is 0.0130 e. The third-order valence-corrected chi connectivity index (χ3v) is 3.30. The molecule has 0 aromatic heterocycles. The number of hydrogen-bond acceptors (Lipinski definition) is 2. The van der Waals surface area contributed by atoms with Crippen LogP contribution in [0.4, 0.5) is 0 Å². The van der Waals surface area contributed by atoms with Crippen molar-refractivity contribution in [1.29, 1.82) is 0 Å². The van der Waals surface area contributed by atoms with Gasteiger partial charge < -0.3 is 9.80 Å². The summed E-state index contributed by atoms with van der Waals surface area (Å²) in [5.74, 6) is 0.815. The van der Waals surface area contributed by atoms with Crippen molar-refractivity contribution >= 4 is 0 Å². The van der Waals surface area contributed by atoms with Crippen molar-refractivity contribution in [3.8, 4) is 0 Å². The van der Waals surface area contributed by atoms with Crippen LogP contribution in [0.3, 0.4) is 0 Å². The SMILES string of the molecule is CC1C(N(C)C)CCC1N(C)C. The summed E-state index contributed by atoms with van der Waals surface area (Å²) < 4.78 is 0. The summed E-state index contributed by atoms with van der Waals surface area (Å²) in [4.78, 5) is 4.74. The minimum Gasteiger partial charge on any atom is -0.306 e. The fraction of sp³-hybridized carbons (Fsp3) is 1.00. The molecule has 1 aliphatic carbocycles. The fourth-order valence-corrected chi connectivity index (χ4v) is 2.58. The van der Waals surface area contributed by atoms with E-state index in [1.54, 1.807) is 0 Å². The normalized spacial score (nSPS) is 36.8. The van der Waals surface area contributed by atoms with E-state index in [2.05, 4.69) is 44.9 Å². The zero-order valence-electron chi connectivity index (χ0n) is 9.04. The minimum absolute atomic E-state index is 0.789. The third kappa shape index (κ3) is 1.80. The van der Waals surface area contributed by atoms with Crippen molar-refractivity contribution in [2.45, 2.75) is 31.8 Å². The lowest BCUT2D eigenvalue weighted by molar-refractivity contribution is 0.186. The lowest BCUT2D eigenvalue weighted by atomic mass is 10.0. The Morgan fingerprint density at radius 3 is 1.33 bits per heavy atom. The van der Waals surface area contributed by atoms with Gasteiger partial charge in [0.05, 0.1) is 0 Å². The number of rotatable bonds is 2. The molecule has 12 heavy (non-hydrogen) atoms. The van der Waals surface area contributed by atoms with Crippen LogP contribution in [0.15, 0.2) is 0 Å². The van der Waals surface area contributed by atoms with Crippen LogP contribution in [-0.2, 0) is 0 Å². The van der Waals surface area contributed by atoms with Crippen LogP contribution in [0.2, 0.25) is 0 Å². The van der Waals surface area contributed by atoms with Crippen molar-refractivity contribution in [1.82, 2.24) is 9.80 Å². The van der Waals surface area contributed by atoms with Gasteiger partial charge in [0.2, 0.25) is 0 Å². The highest BCUT2D eigenvalue weighted by Crippen LogP contribution is 2.31. The van der Waals surface area contributed by atoms with Crippen LogP contribution in [0.25, 0.3) is 0 Å². The molecule has 0 amide bonds. The van der Waals surface area contributed by atoms with Crippen LogP contribution in [0.1, 0.15) is 19.8 Å². The zero-order valence-corrected chi connectivity index (χ0v) is 9.04. The average Bonchev–Trinajstić information content (AvgIpc) is 2.30. The molecule has 1 aliphatic rings. The predicted octanol–water partition coefficient (Wildman–Crippen LogP) is 1.28. The van der Waals surface area contributed by atoms with E-state index in [0.29, 0.717) is 0 Å². The molecule has 2 unspecified atom stereocenters. The van der Waals surface area contributed by atoms with E-state index in [0.717, 1.165) is 18.0 Å². The summed E-state index contributed by atoms with van der Waals surface area (Å²) in [7, 11) is 8.77. The van der Waals surface area contributed by atoms with Crippen LogP contribution in [-0.4, -0.2) is 50.1 Å². The predicted molar refractivity (Wildman–Crippen MR) is 53.3 cm³/mol. The molecule has 0 heterocycles. The molecule has 72 valence electrons. The second-order valence-corrected chi connectivity index (χ2v) is 4.50. The molecule has 1 saturated carbocycles. The van der Waals surface area contributed by atoms with Gasteiger partial charge >= 0.3 is 0 Å². The second-order valence-electron chi connectivity index (χ2n) is 4.50. The van der Waals surface area contributed by atoms with Gasteiger partial charge in [0.15, 0.2) is 0 Å². The third-order valence-electron chi connectivity index (χ3n) is 3.30. The van der Waals surface area contributed by atoms with E-state index in [9.17, 15) is 0 Å². The van der Waals surface area contributed by atoms with E-state index >= 15 is 0 Å². The van der Waals surface area contributed by atoms with E-state index in [4.69, 9.17) is 0 Å². The molecule has 0 bridgehead atoms. The summed E-state index contributed by atoms with van der Waals surface area (Å²) in [5.41, 5.74) is 0. The van der Waals surface area contributed by atoms with Gasteiger partial charge in [-0.3, -0.25) is 0 Å². The van der Waals surface area contributed by atoms with E-state index < -0.39 is 0 Å². The van der Waals surface area contributed by atoms with Gasteiger partial charge in [-0.25, -0.2) is 0 Å². The van der Waals surface area contributed by atoms with Gasteiger partial charge in [0.25, 0.3) is 0 Å². The summed E-state index contributed by atoms with van der Waals surface area (Å²) in [6, 6.07) is 1.58. The molecule has 2 heteroatoms. The van der Waals surface area contributed by atoms with Gasteiger partial charge in [0, 0.05) is 12.1 Å². The number of nitrogens with zero attached hydrogens (tertiary/aromatic N) is 2. The van der Waals surface area contributed by atoms with Crippen molar-refractivity contribution in [2.24, 2.45) is 5.92 Å². The molecule has 0 aliphatic heterocycles. The highest BCUT2D eigenvalue weighted by molar-refractivity contribution is 4.90. The van der Waals surface area contributed by atoms with E-state index in [-0.39, 0.29) is 0 Å². The molecule has 1 rings (SSSR count). The zero-order chi connectivity index (χ0) is 9.30. The Morgan fingerprint density at radius 2 is 1.17 bits per heavy atom. The van der Waals surface area contributed by atoms with E-state index in [1.807, 2.05) is 0 Å². The fourth-order valence-electron chi connectivity index (χ4n) is 2.58. The Morgan fingerprint density at radius 1 is 0.833 bits per heavy atom. The average molecular weight is 170 g/mol. The van der Waals surface area contributed by atoms with Crippen molar-refractivity contribution < 1.29 is 0 Å². The van der Waals surface area contributed by atoms with Crippen LogP contribution >= 0.6 is 0 Å². The maximum absolute atomic E-state index is 2.38. The molecule has 0 radical (unpaired) electrons. The monoisotopic (exact) mass is 170 g/mol. The highest BCUT2D eigenvalue weighted by Gasteiger charge is 2.34. The van der Waals surface area contributed by atoms with Gasteiger partial charge in [-0.05, 0) is 47.0 Å². The summed E-state index contributed by atoms with van der Waals surface area (Å²) in [6.45, 7) is 2.38. The van der Waals surface area contributed by atoms with Crippen molar-refractivity contribution in [3.63, 3.8) is 0 Å². The molecule has 0 saturated heterocycles. The Kier molecular flexibility index (Phi) is 3.13. The largest absolute Gasteiger partial charge is 0.306 e. The molecule has 0 spiro atoms. The van der Waals surface area contributed by atoms with Crippen LogP contribution in [0.5, 0.6) is 0 Å². The molecule has 0 aromatic carbocycles. The first kappa shape index (κ1) is 10.0. The molecule has 0 aromatic rings. The smallest absolute Gasteiger partial charge is 0.0130 e. The van der Waals surface area contributed by atoms with Crippen molar-refractivity contribution in [2.75, 3.05) is 28.2 Å². The van der Waals surface area contributed by atoms with Crippen LogP contribution in [0, 0.1) is 5.92 Å². The van der Waals surface area contributed by atoms with Gasteiger partial charge in [0.1, 0.15) is 0 Å². The molecular weight excluding hydrogens is 148 g/mol. The van der Waals surface area contributed by atoms with Gasteiger partial charge in [-0.2, -0.15) is 0 Å². The summed E-state index contributed by atoms with van der Waals surface area (Å²) >= 11 is 0. The van der Waals surface area contributed by atoms with Crippen LogP contribution < -0.4 is 0 Å². The Balaban J connectivity index is 2.55. The minimum atomic E-state index is 0.789. The molecule has 0 N–H and O–H groups in total. The van der Waals surface area contributed by atoms with Crippen molar-refractivity contribution in [3.05, 3.63) is 0 Å². The first-order valence-electron chi connectivity index (χ1n) is 4.87. The van der Waals surface area contributed by atoms with Gasteiger partial charge in [-0.15, -0.1) is 0 Å². The molecule has 2 nitrogen and oxygen atoms in total. The van der Waals surface area contributed by atoms with Gasteiger partial charge in [-0.1, -0.05) is 6.92 Å². The Hall–Kier alpha value is -0.0800. The molecule has 2 atom stereocenters. The lowest BCUT2D eigenvalue weighted by Crippen LogP contribution is -2.38. The molecular formula is C10H22N2. The summed E-state index contributed by atoms with van der Waals surface area (Å²) in [6.07, 6.45) is 2.72. The first-order chi connectivity index (χ1) is 5.54. The second kappa shape index (κ2) is 3.75. The standard InChI is InChI=1S/C10H22N2/c1-8-9(11(2)3)6-7-10(8)12(4)5/h8-10H,6-7H2,1-5H3. The first-order valence-corrected chi connectivity index (χ1v) is 4.87. The Bertz CT molecular complexity index is 127. The lowest BCUT2D eigenvalue weighted by Gasteiger charge is -2.29. The maximum atomic E-state index is 2.38. The quantitative estimate of drug-likeness (QED) is 0.616. The molecule has 1 fully saturated rings. The number of hydrogen-bond donors (Lipinski definition) is 0. The Labute approximate surface area is 76.5 Å².